The molecule has 17 heavy (non-hydrogen) atoms. The van der Waals surface area contributed by atoms with Gasteiger partial charge in [-0.1, -0.05) is 52.4 Å². The molecule has 0 bridgehead atoms. The first kappa shape index (κ1) is 16.9. The fourth-order valence-corrected chi connectivity index (χ4v) is 1.93. The van der Waals surface area contributed by atoms with Crippen molar-refractivity contribution >= 4 is 0 Å². The van der Waals surface area contributed by atoms with Crippen LogP contribution < -0.4 is 10.6 Å². The minimum absolute atomic E-state index is 0.291. The molecule has 1 aliphatic rings. The van der Waals surface area contributed by atoms with Gasteiger partial charge in [0.05, 0.1) is 0 Å². The van der Waals surface area contributed by atoms with Gasteiger partial charge in [0.1, 0.15) is 0 Å². The topological polar surface area (TPSA) is 44.3 Å². The van der Waals surface area contributed by atoms with Crippen LogP contribution in [-0.4, -0.2) is 37.4 Å². The lowest BCUT2D eigenvalue weighted by molar-refractivity contribution is 0.255. The fourth-order valence-electron chi connectivity index (χ4n) is 1.93. The lowest BCUT2D eigenvalue weighted by Gasteiger charge is -2.23. The predicted octanol–water partition coefficient (Wildman–Crippen LogP) is 2.30. The third-order valence-corrected chi connectivity index (χ3v) is 3.06. The van der Waals surface area contributed by atoms with Crippen molar-refractivity contribution in [3.63, 3.8) is 0 Å². The average Bonchev–Trinajstić information content (AvgIpc) is 2.37. The van der Waals surface area contributed by atoms with Gasteiger partial charge in [-0.15, -0.1) is 0 Å². The summed E-state index contributed by atoms with van der Waals surface area (Å²) in [5, 5.41) is 15.1. The molecule has 0 saturated carbocycles. The summed E-state index contributed by atoms with van der Waals surface area (Å²) in [6.45, 7) is 7.89. The van der Waals surface area contributed by atoms with Crippen molar-refractivity contribution in [2.75, 3.05) is 26.2 Å². The largest absolute Gasteiger partial charge is 0.396 e. The van der Waals surface area contributed by atoms with Gasteiger partial charge in [-0.3, -0.25) is 0 Å². The third-order valence-electron chi connectivity index (χ3n) is 3.06. The van der Waals surface area contributed by atoms with Crippen molar-refractivity contribution in [2.45, 2.75) is 64.8 Å². The number of hydrogen-bond donors (Lipinski definition) is 3. The number of piperazine rings is 1. The van der Waals surface area contributed by atoms with Crippen molar-refractivity contribution in [1.29, 1.82) is 0 Å². The molecule has 0 amide bonds. The van der Waals surface area contributed by atoms with Crippen LogP contribution in [0.5, 0.6) is 0 Å². The van der Waals surface area contributed by atoms with E-state index in [4.69, 9.17) is 5.11 Å². The zero-order valence-electron chi connectivity index (χ0n) is 11.8. The van der Waals surface area contributed by atoms with Crippen LogP contribution in [0.1, 0.15) is 58.8 Å². The molecule has 0 radical (unpaired) electrons. The highest BCUT2D eigenvalue weighted by Gasteiger charge is 2.09. The SMILES string of the molecule is CCCCCCCC.OCCC1CNCCN1. The molecular weight excluding hydrogens is 212 g/mol. The van der Waals surface area contributed by atoms with Gasteiger partial charge >= 0.3 is 0 Å². The molecule has 0 aromatic carbocycles. The molecule has 3 nitrogen and oxygen atoms in total. The van der Waals surface area contributed by atoms with Crippen LogP contribution in [0, 0.1) is 0 Å². The number of nitrogens with one attached hydrogen (secondary N) is 2. The van der Waals surface area contributed by atoms with E-state index in [1.165, 1.54) is 38.5 Å². The maximum absolute atomic E-state index is 8.55. The molecule has 1 rings (SSSR count). The molecular formula is C14H32N2O. The van der Waals surface area contributed by atoms with Crippen molar-refractivity contribution in [3.8, 4) is 0 Å². The van der Waals surface area contributed by atoms with Crippen LogP contribution in [0.15, 0.2) is 0 Å². The smallest absolute Gasteiger partial charge is 0.0446 e. The Morgan fingerprint density at radius 3 is 2.06 bits per heavy atom. The number of aliphatic hydroxyl groups excluding tert-OH is 1. The molecule has 1 atom stereocenters. The van der Waals surface area contributed by atoms with E-state index < -0.39 is 0 Å². The van der Waals surface area contributed by atoms with E-state index in [0.29, 0.717) is 12.6 Å². The van der Waals surface area contributed by atoms with Crippen molar-refractivity contribution in [2.24, 2.45) is 0 Å². The van der Waals surface area contributed by atoms with Crippen LogP contribution in [0.3, 0.4) is 0 Å². The lowest BCUT2D eigenvalue weighted by atomic mass is 10.1. The van der Waals surface area contributed by atoms with Crippen LogP contribution >= 0.6 is 0 Å². The summed E-state index contributed by atoms with van der Waals surface area (Å²) >= 11 is 0. The van der Waals surface area contributed by atoms with Crippen molar-refractivity contribution in [3.05, 3.63) is 0 Å². The normalized spacial score (nSPS) is 19.6. The number of aliphatic hydroxyl groups is 1. The van der Waals surface area contributed by atoms with Crippen LogP contribution in [0.25, 0.3) is 0 Å². The minimum atomic E-state index is 0.291. The monoisotopic (exact) mass is 244 g/mol. The Kier molecular flexibility index (Phi) is 13.8. The van der Waals surface area contributed by atoms with Gasteiger partial charge in [0.25, 0.3) is 0 Å². The summed E-state index contributed by atoms with van der Waals surface area (Å²) < 4.78 is 0. The average molecular weight is 244 g/mol. The number of rotatable bonds is 7. The van der Waals surface area contributed by atoms with Gasteiger partial charge in [-0.05, 0) is 6.42 Å². The third kappa shape index (κ3) is 12.1. The van der Waals surface area contributed by atoms with Gasteiger partial charge in [-0.25, -0.2) is 0 Å². The fraction of sp³-hybridized carbons (Fsp3) is 1.00. The Labute approximate surface area is 107 Å². The summed E-state index contributed by atoms with van der Waals surface area (Å²) in [6.07, 6.45) is 9.36. The summed E-state index contributed by atoms with van der Waals surface area (Å²) in [7, 11) is 0. The van der Waals surface area contributed by atoms with E-state index >= 15 is 0 Å². The van der Waals surface area contributed by atoms with Gasteiger partial charge in [0.15, 0.2) is 0 Å². The second-order valence-corrected chi connectivity index (χ2v) is 4.78. The standard InChI is InChI=1S/C8H18.C6H14N2O/c1-3-5-7-8-6-4-2;9-4-1-6-5-7-2-3-8-6/h3-8H2,1-2H3;6-9H,1-5H2. The van der Waals surface area contributed by atoms with E-state index in [1.807, 2.05) is 0 Å². The Hall–Kier alpha value is -0.120. The molecule has 104 valence electrons. The molecule has 0 aromatic heterocycles. The molecule has 1 aliphatic heterocycles. The summed E-state index contributed by atoms with van der Waals surface area (Å²) in [4.78, 5) is 0. The quantitative estimate of drug-likeness (QED) is 0.602. The van der Waals surface area contributed by atoms with Gasteiger partial charge in [0.2, 0.25) is 0 Å². The summed E-state index contributed by atoms with van der Waals surface area (Å²) in [5.74, 6) is 0. The number of unbranched alkanes of at least 4 members (excludes halogenated alkanes) is 5. The summed E-state index contributed by atoms with van der Waals surface area (Å²) in [6, 6.07) is 0.490. The highest BCUT2D eigenvalue weighted by atomic mass is 16.3. The highest BCUT2D eigenvalue weighted by molar-refractivity contribution is 4.74. The maximum atomic E-state index is 8.55. The molecule has 3 N–H and O–H groups in total. The Morgan fingerprint density at radius 2 is 1.65 bits per heavy atom. The van der Waals surface area contributed by atoms with E-state index in [-0.39, 0.29) is 0 Å². The second kappa shape index (κ2) is 13.9. The second-order valence-electron chi connectivity index (χ2n) is 4.78. The van der Waals surface area contributed by atoms with Crippen LogP contribution in [-0.2, 0) is 0 Å². The Bertz CT molecular complexity index is 127. The van der Waals surface area contributed by atoms with Gasteiger partial charge in [0, 0.05) is 32.3 Å². The Morgan fingerprint density at radius 1 is 1.00 bits per heavy atom. The highest BCUT2D eigenvalue weighted by Crippen LogP contribution is 2.03. The number of hydrogen-bond acceptors (Lipinski definition) is 3. The van der Waals surface area contributed by atoms with Crippen LogP contribution in [0.4, 0.5) is 0 Å². The molecule has 1 unspecified atom stereocenters. The zero-order valence-corrected chi connectivity index (χ0v) is 11.8. The molecule has 1 heterocycles. The predicted molar refractivity (Wildman–Crippen MR) is 75.4 cm³/mol. The van der Waals surface area contributed by atoms with E-state index in [1.54, 1.807) is 0 Å². The van der Waals surface area contributed by atoms with Crippen molar-refractivity contribution in [1.82, 2.24) is 10.6 Å². The lowest BCUT2D eigenvalue weighted by Crippen LogP contribution is -2.48. The first-order valence-electron chi connectivity index (χ1n) is 7.40. The van der Waals surface area contributed by atoms with Crippen LogP contribution in [0.2, 0.25) is 0 Å². The first-order chi connectivity index (χ1) is 8.35. The first-order valence-corrected chi connectivity index (χ1v) is 7.40. The van der Waals surface area contributed by atoms with E-state index in [0.717, 1.165) is 26.1 Å². The summed E-state index contributed by atoms with van der Waals surface area (Å²) in [5.41, 5.74) is 0. The molecule has 0 aromatic rings. The minimum Gasteiger partial charge on any atom is -0.396 e. The Balaban J connectivity index is 0.000000304. The van der Waals surface area contributed by atoms with E-state index in [9.17, 15) is 0 Å². The van der Waals surface area contributed by atoms with E-state index in [2.05, 4.69) is 24.5 Å². The molecule has 1 saturated heterocycles. The molecule has 3 heteroatoms. The van der Waals surface area contributed by atoms with Gasteiger partial charge in [-0.2, -0.15) is 0 Å². The van der Waals surface area contributed by atoms with Gasteiger partial charge < -0.3 is 15.7 Å². The van der Waals surface area contributed by atoms with Crippen molar-refractivity contribution < 1.29 is 5.11 Å². The molecule has 0 aliphatic carbocycles. The molecule has 0 spiro atoms. The molecule has 1 fully saturated rings. The zero-order chi connectivity index (χ0) is 12.8. The maximum Gasteiger partial charge on any atom is 0.0446 e.